The largest absolute Gasteiger partial charge is 0.548 e. The van der Waals surface area contributed by atoms with Crippen LogP contribution in [0.5, 0.6) is 0 Å². The number of halogens is 1. The summed E-state index contributed by atoms with van der Waals surface area (Å²) in [7, 11) is 0. The molecule has 0 radical (unpaired) electrons. The van der Waals surface area contributed by atoms with Crippen molar-refractivity contribution in [3.8, 4) is 0 Å². The van der Waals surface area contributed by atoms with E-state index in [1.54, 1.807) is 37.5 Å². The van der Waals surface area contributed by atoms with Gasteiger partial charge in [0, 0.05) is 21.4 Å². The Bertz CT molecular complexity index is 1450. The molecule has 0 saturated carbocycles. The molecule has 7 nitrogen and oxygen atoms in total. The fourth-order valence-corrected chi connectivity index (χ4v) is 4.10. The van der Waals surface area contributed by atoms with Gasteiger partial charge in [0.1, 0.15) is 11.2 Å². The summed E-state index contributed by atoms with van der Waals surface area (Å²) < 4.78 is 11.1. The van der Waals surface area contributed by atoms with Gasteiger partial charge in [-0.25, -0.2) is 4.79 Å². The fraction of sp³-hybridized carbons (Fsp3) is 0.240. The SMILES string of the molecule is Cc1coc2c(C)c3oc(=O)c(CC(=O)N[C@H](Cc4ccc(Cl)cc4)C(=O)[O-])c(C)c3cc12. The van der Waals surface area contributed by atoms with Gasteiger partial charge >= 0.3 is 5.63 Å². The Morgan fingerprint density at radius 1 is 1.06 bits per heavy atom. The van der Waals surface area contributed by atoms with Gasteiger partial charge in [-0.1, -0.05) is 23.7 Å². The van der Waals surface area contributed by atoms with Crippen LogP contribution in [0.4, 0.5) is 0 Å². The van der Waals surface area contributed by atoms with Crippen molar-refractivity contribution in [3.05, 3.63) is 79.9 Å². The summed E-state index contributed by atoms with van der Waals surface area (Å²) in [4.78, 5) is 37.0. The van der Waals surface area contributed by atoms with E-state index >= 15 is 0 Å². The maximum absolute atomic E-state index is 12.7. The highest BCUT2D eigenvalue weighted by Gasteiger charge is 2.21. The molecule has 0 aliphatic carbocycles. The van der Waals surface area contributed by atoms with Crippen LogP contribution in [0, 0.1) is 20.8 Å². The van der Waals surface area contributed by atoms with Gasteiger partial charge < -0.3 is 24.1 Å². The average Bonchev–Trinajstić information content (AvgIpc) is 3.14. The summed E-state index contributed by atoms with van der Waals surface area (Å²) >= 11 is 5.86. The second-order valence-corrected chi connectivity index (χ2v) is 8.55. The first-order valence-corrected chi connectivity index (χ1v) is 10.7. The number of hydrogen-bond acceptors (Lipinski definition) is 6. The van der Waals surface area contributed by atoms with E-state index in [2.05, 4.69) is 5.32 Å². The number of carbonyl (C=O) groups excluding carboxylic acids is 2. The Morgan fingerprint density at radius 2 is 1.76 bits per heavy atom. The number of nitrogens with one attached hydrogen (secondary N) is 1. The Labute approximate surface area is 194 Å². The minimum atomic E-state index is -1.42. The minimum Gasteiger partial charge on any atom is -0.548 e. The minimum absolute atomic E-state index is 0.0213. The van der Waals surface area contributed by atoms with E-state index in [9.17, 15) is 19.5 Å². The van der Waals surface area contributed by atoms with Gasteiger partial charge in [0.25, 0.3) is 0 Å². The molecule has 4 aromatic rings. The van der Waals surface area contributed by atoms with E-state index in [0.717, 1.165) is 10.9 Å². The second-order valence-electron chi connectivity index (χ2n) is 8.11. The van der Waals surface area contributed by atoms with Gasteiger partial charge in [-0.15, -0.1) is 0 Å². The van der Waals surface area contributed by atoms with Gasteiger partial charge in [0.05, 0.1) is 30.3 Å². The number of furan rings is 1. The first-order chi connectivity index (χ1) is 15.7. The van der Waals surface area contributed by atoms with Gasteiger partial charge in [-0.3, -0.25) is 4.79 Å². The molecule has 1 amide bonds. The van der Waals surface area contributed by atoms with Crippen LogP contribution in [-0.4, -0.2) is 17.9 Å². The lowest BCUT2D eigenvalue weighted by atomic mass is 9.99. The van der Waals surface area contributed by atoms with Crippen molar-refractivity contribution in [1.29, 1.82) is 0 Å². The van der Waals surface area contributed by atoms with Crippen molar-refractivity contribution in [2.75, 3.05) is 0 Å². The lowest BCUT2D eigenvalue weighted by Gasteiger charge is -2.20. The fourth-order valence-electron chi connectivity index (χ4n) is 3.98. The first kappa shape index (κ1) is 22.6. The van der Waals surface area contributed by atoms with E-state index in [1.807, 2.05) is 19.9 Å². The molecule has 0 aliphatic heterocycles. The number of aryl methyl sites for hydroxylation is 3. The topological polar surface area (TPSA) is 113 Å². The molecule has 170 valence electrons. The quantitative estimate of drug-likeness (QED) is 0.437. The highest BCUT2D eigenvalue weighted by molar-refractivity contribution is 6.30. The molecular weight excluding hydrogens is 446 g/mol. The van der Waals surface area contributed by atoms with Gasteiger partial charge in [-0.05, 0) is 62.1 Å². The molecule has 0 saturated heterocycles. The van der Waals surface area contributed by atoms with Crippen molar-refractivity contribution < 1.29 is 23.5 Å². The third-order valence-corrected chi connectivity index (χ3v) is 6.10. The number of benzene rings is 2. The van der Waals surface area contributed by atoms with Crippen LogP contribution in [0.1, 0.15) is 27.8 Å². The van der Waals surface area contributed by atoms with Gasteiger partial charge in [0.2, 0.25) is 5.91 Å². The highest BCUT2D eigenvalue weighted by Crippen LogP contribution is 2.32. The molecule has 0 spiro atoms. The van der Waals surface area contributed by atoms with E-state index in [1.165, 1.54) is 0 Å². The Hall–Kier alpha value is -3.58. The molecule has 1 N–H and O–H groups in total. The standard InChI is InChI=1S/C25H22ClNO6/c1-12-11-32-22-14(3)23-18(9-17(12)22)13(2)19(25(31)33-23)10-21(28)27-20(24(29)30)8-15-4-6-16(26)7-5-15/h4-7,9,11,20H,8,10H2,1-3H3,(H,27,28)(H,29,30)/p-1/t20-/m1/s1. The van der Waals surface area contributed by atoms with Crippen molar-refractivity contribution >= 4 is 45.4 Å². The molecule has 2 heterocycles. The lowest BCUT2D eigenvalue weighted by molar-refractivity contribution is -0.308. The Morgan fingerprint density at radius 3 is 2.42 bits per heavy atom. The molecule has 1 atom stereocenters. The zero-order valence-electron chi connectivity index (χ0n) is 18.3. The predicted molar refractivity (Wildman–Crippen MR) is 122 cm³/mol. The van der Waals surface area contributed by atoms with E-state index in [0.29, 0.717) is 38.3 Å². The van der Waals surface area contributed by atoms with Crippen molar-refractivity contribution in [2.24, 2.45) is 0 Å². The van der Waals surface area contributed by atoms with E-state index in [-0.39, 0.29) is 18.4 Å². The molecule has 33 heavy (non-hydrogen) atoms. The molecular formula is C25H21ClNO6-. The molecule has 0 fully saturated rings. The van der Waals surface area contributed by atoms with E-state index < -0.39 is 23.5 Å². The molecule has 0 bridgehead atoms. The maximum Gasteiger partial charge on any atom is 0.340 e. The molecule has 0 unspecified atom stereocenters. The number of fused-ring (bicyclic) bond motifs is 2. The maximum atomic E-state index is 12.7. The first-order valence-electron chi connectivity index (χ1n) is 10.3. The second kappa shape index (κ2) is 8.75. The van der Waals surface area contributed by atoms with E-state index in [4.69, 9.17) is 20.4 Å². The predicted octanol–water partition coefficient (Wildman–Crippen LogP) is 3.14. The Kier molecular flexibility index (Phi) is 5.99. The molecule has 8 heteroatoms. The monoisotopic (exact) mass is 466 g/mol. The smallest absolute Gasteiger partial charge is 0.340 e. The zero-order chi connectivity index (χ0) is 23.9. The summed E-state index contributed by atoms with van der Waals surface area (Å²) in [6.07, 6.45) is 1.34. The number of carboxylic acids is 1. The summed E-state index contributed by atoms with van der Waals surface area (Å²) in [6, 6.07) is 7.23. The summed E-state index contributed by atoms with van der Waals surface area (Å²) in [5, 5.41) is 16.2. The number of rotatable bonds is 6. The van der Waals surface area contributed by atoms with Gasteiger partial charge in [0.15, 0.2) is 0 Å². The van der Waals surface area contributed by atoms with Crippen LogP contribution >= 0.6 is 11.6 Å². The summed E-state index contributed by atoms with van der Waals surface area (Å²) in [5.74, 6) is -2.04. The normalized spacial score (nSPS) is 12.2. The molecule has 4 rings (SSSR count). The van der Waals surface area contributed by atoms with Gasteiger partial charge in [-0.2, -0.15) is 0 Å². The van der Waals surface area contributed by atoms with Crippen molar-refractivity contribution in [3.63, 3.8) is 0 Å². The van der Waals surface area contributed by atoms with Crippen LogP contribution in [0.25, 0.3) is 21.9 Å². The number of hydrogen-bond donors (Lipinski definition) is 1. The van der Waals surface area contributed by atoms with Crippen molar-refractivity contribution in [1.82, 2.24) is 5.32 Å². The van der Waals surface area contributed by atoms with Crippen LogP contribution < -0.4 is 16.0 Å². The number of carboxylic acid groups (broad SMARTS) is 1. The zero-order valence-corrected chi connectivity index (χ0v) is 19.0. The van der Waals surface area contributed by atoms with Crippen LogP contribution in [0.2, 0.25) is 5.02 Å². The number of amides is 1. The lowest BCUT2D eigenvalue weighted by Crippen LogP contribution is -2.49. The molecule has 2 aromatic heterocycles. The average molecular weight is 467 g/mol. The highest BCUT2D eigenvalue weighted by atomic mass is 35.5. The summed E-state index contributed by atoms with van der Waals surface area (Å²) in [5.41, 5.74) is 3.48. The van der Waals surface area contributed by atoms with Crippen LogP contribution in [0.3, 0.4) is 0 Å². The summed E-state index contributed by atoms with van der Waals surface area (Å²) in [6.45, 7) is 5.47. The number of aliphatic carboxylic acids is 1. The third-order valence-electron chi connectivity index (χ3n) is 5.85. The van der Waals surface area contributed by atoms with Crippen LogP contribution in [0.15, 0.2) is 50.2 Å². The molecule has 2 aromatic carbocycles. The Balaban J connectivity index is 1.63. The van der Waals surface area contributed by atoms with Crippen LogP contribution in [-0.2, 0) is 22.4 Å². The number of carbonyl (C=O) groups is 2. The molecule has 0 aliphatic rings. The third kappa shape index (κ3) is 4.36. The van der Waals surface area contributed by atoms with Crippen molar-refractivity contribution in [2.45, 2.75) is 39.7 Å².